The van der Waals surface area contributed by atoms with Crippen molar-refractivity contribution < 1.29 is 9.84 Å². The van der Waals surface area contributed by atoms with Gasteiger partial charge in [-0.2, -0.15) is 0 Å². The first-order valence-corrected chi connectivity index (χ1v) is 7.23. The number of rotatable bonds is 4. The van der Waals surface area contributed by atoms with Crippen LogP contribution in [0.4, 0.5) is 5.69 Å². The van der Waals surface area contributed by atoms with Crippen LogP contribution in [0.5, 0.6) is 11.5 Å². The second-order valence-electron chi connectivity index (χ2n) is 3.98. The fourth-order valence-corrected chi connectivity index (χ4v) is 2.56. The monoisotopic (exact) mass is 385 g/mol. The molecule has 0 bridgehead atoms. The Morgan fingerprint density at radius 3 is 2.74 bits per heavy atom. The van der Waals surface area contributed by atoms with Gasteiger partial charge in [0.25, 0.3) is 0 Å². The molecule has 0 saturated heterocycles. The Hall–Kier alpha value is -1.20. The molecule has 0 aliphatic heterocycles. The van der Waals surface area contributed by atoms with Crippen LogP contribution in [0.2, 0.25) is 0 Å². The molecule has 0 heterocycles. The van der Waals surface area contributed by atoms with Gasteiger partial charge >= 0.3 is 0 Å². The second-order valence-corrected chi connectivity index (χ2v) is 5.75. The Morgan fingerprint density at radius 2 is 2.00 bits per heavy atom. The average molecular weight is 387 g/mol. The molecule has 100 valence electrons. The minimum Gasteiger partial charge on any atom is -0.506 e. The van der Waals surface area contributed by atoms with Crippen molar-refractivity contribution in [1.29, 1.82) is 0 Å². The summed E-state index contributed by atoms with van der Waals surface area (Å²) < 4.78 is 6.83. The van der Waals surface area contributed by atoms with E-state index in [9.17, 15) is 5.11 Å². The van der Waals surface area contributed by atoms with Crippen LogP contribution < -0.4 is 10.1 Å². The Kier molecular flexibility index (Phi) is 4.71. The molecule has 0 saturated carbocycles. The molecule has 0 unspecified atom stereocenters. The van der Waals surface area contributed by atoms with E-state index >= 15 is 0 Å². The molecule has 0 aliphatic carbocycles. The highest BCUT2D eigenvalue weighted by Crippen LogP contribution is 2.29. The van der Waals surface area contributed by atoms with Crippen LogP contribution in [0.25, 0.3) is 0 Å². The van der Waals surface area contributed by atoms with Gasteiger partial charge in [0.1, 0.15) is 11.5 Å². The van der Waals surface area contributed by atoms with Crippen LogP contribution in [-0.4, -0.2) is 12.2 Å². The molecule has 2 aromatic carbocycles. The lowest BCUT2D eigenvalue weighted by Crippen LogP contribution is -2.00. The predicted octanol–water partition coefficient (Wildman–Crippen LogP) is 4.54. The van der Waals surface area contributed by atoms with Crippen molar-refractivity contribution in [3.8, 4) is 11.5 Å². The van der Waals surface area contributed by atoms with Crippen molar-refractivity contribution in [3.05, 3.63) is 50.9 Å². The summed E-state index contributed by atoms with van der Waals surface area (Å²) in [5.74, 6) is 1.03. The predicted molar refractivity (Wildman–Crippen MR) is 83.8 cm³/mol. The van der Waals surface area contributed by atoms with E-state index < -0.39 is 0 Å². The molecule has 0 radical (unpaired) electrons. The zero-order chi connectivity index (χ0) is 13.8. The molecule has 5 heteroatoms. The third-order valence-electron chi connectivity index (χ3n) is 2.66. The summed E-state index contributed by atoms with van der Waals surface area (Å²) in [5, 5.41) is 13.2. The maximum absolute atomic E-state index is 9.91. The van der Waals surface area contributed by atoms with Gasteiger partial charge in [0.2, 0.25) is 0 Å². The van der Waals surface area contributed by atoms with Crippen LogP contribution in [0, 0.1) is 0 Å². The number of halogens is 2. The van der Waals surface area contributed by atoms with Crippen LogP contribution in [0.1, 0.15) is 5.56 Å². The fraction of sp³-hybridized carbons (Fsp3) is 0.143. The zero-order valence-corrected chi connectivity index (χ0v) is 13.5. The van der Waals surface area contributed by atoms with Crippen molar-refractivity contribution in [2.24, 2.45) is 0 Å². The molecule has 0 atom stereocenters. The van der Waals surface area contributed by atoms with Crippen molar-refractivity contribution in [2.75, 3.05) is 12.4 Å². The zero-order valence-electron chi connectivity index (χ0n) is 10.3. The van der Waals surface area contributed by atoms with E-state index in [0.717, 1.165) is 21.5 Å². The molecular weight excluding hydrogens is 374 g/mol. The Balaban J connectivity index is 2.14. The van der Waals surface area contributed by atoms with Gasteiger partial charge in [-0.1, -0.05) is 28.1 Å². The van der Waals surface area contributed by atoms with Crippen molar-refractivity contribution in [1.82, 2.24) is 0 Å². The van der Waals surface area contributed by atoms with Gasteiger partial charge in [-0.05, 0) is 34.1 Å². The maximum Gasteiger partial charge on any atom is 0.134 e. The molecule has 2 aromatic rings. The standard InChI is InChI=1S/C14H13Br2NO2/c1-19-12-6-10(15)5-11(7-12)17-8-9-3-2-4-13(16)14(9)18/h2-7,17-18H,8H2,1H3. The number of hydrogen-bond donors (Lipinski definition) is 2. The third kappa shape index (κ3) is 3.64. The maximum atomic E-state index is 9.91. The largest absolute Gasteiger partial charge is 0.506 e. The molecule has 0 aromatic heterocycles. The average Bonchev–Trinajstić information content (AvgIpc) is 2.40. The molecule has 19 heavy (non-hydrogen) atoms. The van der Waals surface area contributed by atoms with Gasteiger partial charge in [-0.25, -0.2) is 0 Å². The lowest BCUT2D eigenvalue weighted by Gasteiger charge is -2.11. The summed E-state index contributed by atoms with van der Waals surface area (Å²) in [7, 11) is 1.63. The smallest absolute Gasteiger partial charge is 0.134 e. The molecule has 0 amide bonds. The molecule has 2 N–H and O–H groups in total. The highest BCUT2D eigenvalue weighted by atomic mass is 79.9. The highest BCUT2D eigenvalue weighted by molar-refractivity contribution is 9.10. The van der Waals surface area contributed by atoms with Gasteiger partial charge in [0.05, 0.1) is 11.6 Å². The third-order valence-corrected chi connectivity index (χ3v) is 3.76. The van der Waals surface area contributed by atoms with Crippen LogP contribution >= 0.6 is 31.9 Å². The summed E-state index contributed by atoms with van der Waals surface area (Å²) in [6.45, 7) is 0.533. The number of para-hydroxylation sites is 1. The number of phenols is 1. The minimum atomic E-state index is 0.261. The first-order chi connectivity index (χ1) is 9.10. The fourth-order valence-electron chi connectivity index (χ4n) is 1.68. The van der Waals surface area contributed by atoms with E-state index in [4.69, 9.17) is 4.74 Å². The minimum absolute atomic E-state index is 0.261. The summed E-state index contributed by atoms with van der Waals surface area (Å²) in [6.07, 6.45) is 0. The van der Waals surface area contributed by atoms with Gasteiger partial charge in [-0.3, -0.25) is 0 Å². The van der Waals surface area contributed by atoms with Crippen molar-refractivity contribution in [3.63, 3.8) is 0 Å². The summed E-state index contributed by atoms with van der Waals surface area (Å²) >= 11 is 6.73. The molecule has 3 nitrogen and oxygen atoms in total. The SMILES string of the molecule is COc1cc(Br)cc(NCc2cccc(Br)c2O)c1. The number of hydrogen-bond acceptors (Lipinski definition) is 3. The van der Waals surface area contributed by atoms with Gasteiger partial charge in [0.15, 0.2) is 0 Å². The first-order valence-electron chi connectivity index (χ1n) is 5.65. The van der Waals surface area contributed by atoms with E-state index in [0.29, 0.717) is 11.0 Å². The number of phenolic OH excluding ortho intramolecular Hbond substituents is 1. The van der Waals surface area contributed by atoms with Gasteiger partial charge in [-0.15, -0.1) is 0 Å². The number of aromatic hydroxyl groups is 1. The van der Waals surface area contributed by atoms with Crippen LogP contribution in [-0.2, 0) is 6.54 Å². The molecule has 0 fully saturated rings. The van der Waals surface area contributed by atoms with E-state index in [1.54, 1.807) is 13.2 Å². The summed E-state index contributed by atoms with van der Waals surface area (Å²) in [5.41, 5.74) is 1.75. The van der Waals surface area contributed by atoms with E-state index in [2.05, 4.69) is 37.2 Å². The molecule has 0 aliphatic rings. The van der Waals surface area contributed by atoms with Crippen LogP contribution in [0.3, 0.4) is 0 Å². The van der Waals surface area contributed by atoms with Gasteiger partial charge in [0, 0.05) is 28.3 Å². The Morgan fingerprint density at radius 1 is 1.21 bits per heavy atom. The number of nitrogens with one attached hydrogen (secondary N) is 1. The Labute approximate surface area is 128 Å². The molecular formula is C14H13Br2NO2. The molecule has 2 rings (SSSR count). The summed E-state index contributed by atoms with van der Waals surface area (Å²) in [4.78, 5) is 0. The van der Waals surface area contributed by atoms with Gasteiger partial charge < -0.3 is 15.2 Å². The normalized spacial score (nSPS) is 10.3. The van der Waals surface area contributed by atoms with Crippen molar-refractivity contribution in [2.45, 2.75) is 6.54 Å². The topological polar surface area (TPSA) is 41.5 Å². The quantitative estimate of drug-likeness (QED) is 0.810. The second kappa shape index (κ2) is 6.30. The van der Waals surface area contributed by atoms with E-state index in [1.165, 1.54) is 0 Å². The highest BCUT2D eigenvalue weighted by Gasteiger charge is 2.05. The van der Waals surface area contributed by atoms with E-state index in [1.807, 2.05) is 30.3 Å². The van der Waals surface area contributed by atoms with E-state index in [-0.39, 0.29) is 5.75 Å². The number of methoxy groups -OCH3 is 1. The molecule has 0 spiro atoms. The number of ether oxygens (including phenoxy) is 1. The lowest BCUT2D eigenvalue weighted by atomic mass is 10.2. The lowest BCUT2D eigenvalue weighted by molar-refractivity contribution is 0.414. The van der Waals surface area contributed by atoms with Crippen LogP contribution in [0.15, 0.2) is 45.3 Å². The number of benzene rings is 2. The van der Waals surface area contributed by atoms with Crippen molar-refractivity contribution >= 4 is 37.5 Å². The number of anilines is 1. The summed E-state index contributed by atoms with van der Waals surface area (Å²) in [6, 6.07) is 11.3. The Bertz CT molecular complexity index is 588. The first kappa shape index (κ1) is 14.2.